The van der Waals surface area contributed by atoms with Crippen LogP contribution in [-0.2, 0) is 4.79 Å². The van der Waals surface area contributed by atoms with Gasteiger partial charge in [-0.25, -0.2) is 8.78 Å². The summed E-state index contributed by atoms with van der Waals surface area (Å²) in [4.78, 5) is 12.8. The van der Waals surface area contributed by atoms with E-state index in [1.165, 1.54) is 11.8 Å². The summed E-state index contributed by atoms with van der Waals surface area (Å²) in [5, 5.41) is 3.01. The van der Waals surface area contributed by atoms with Crippen molar-refractivity contribution in [2.24, 2.45) is 0 Å². The van der Waals surface area contributed by atoms with Crippen LogP contribution in [0.3, 0.4) is 0 Å². The van der Waals surface area contributed by atoms with Crippen LogP contribution in [0.5, 0.6) is 0 Å². The number of halogens is 2. The predicted molar refractivity (Wildman–Crippen MR) is 57.5 cm³/mol. The number of fused-ring (bicyclic) bond motifs is 1. The predicted octanol–water partition coefficient (Wildman–Crippen LogP) is 2.13. The molecule has 0 fully saturated rings. The van der Waals surface area contributed by atoms with Crippen molar-refractivity contribution >= 4 is 17.3 Å². The molecule has 2 rings (SSSR count). The number of anilines is 2. The number of carbonyl (C=O) groups is 1. The molecule has 0 aliphatic carbocycles. The van der Waals surface area contributed by atoms with Crippen molar-refractivity contribution in [1.29, 1.82) is 0 Å². The van der Waals surface area contributed by atoms with Crippen LogP contribution in [0.2, 0.25) is 0 Å². The number of hydrogen-bond acceptors (Lipinski definition) is 2. The summed E-state index contributed by atoms with van der Waals surface area (Å²) in [5.74, 6) is -2.04. The van der Waals surface area contributed by atoms with Gasteiger partial charge in [0.2, 0.25) is 5.91 Å². The Labute approximate surface area is 92.1 Å². The summed E-state index contributed by atoms with van der Waals surface area (Å²) in [6.07, 6.45) is 0. The molecule has 0 saturated heterocycles. The van der Waals surface area contributed by atoms with Crippen LogP contribution in [-0.4, -0.2) is 18.5 Å². The summed E-state index contributed by atoms with van der Waals surface area (Å²) in [5.41, 5.74) is 0.845. The number of rotatable bonds is 0. The molecule has 1 aliphatic heterocycles. The van der Waals surface area contributed by atoms with Gasteiger partial charge < -0.3 is 10.2 Å². The number of nitrogens with one attached hydrogen (secondary N) is 1. The molecule has 0 aromatic heterocycles. The molecule has 3 nitrogen and oxygen atoms in total. The van der Waals surface area contributed by atoms with Gasteiger partial charge in [-0.05, 0) is 6.92 Å². The van der Waals surface area contributed by atoms with Gasteiger partial charge in [-0.3, -0.25) is 4.79 Å². The molecule has 86 valence electrons. The van der Waals surface area contributed by atoms with E-state index in [0.29, 0.717) is 17.9 Å². The van der Waals surface area contributed by atoms with Crippen LogP contribution in [0.4, 0.5) is 20.2 Å². The zero-order valence-electron chi connectivity index (χ0n) is 9.05. The van der Waals surface area contributed by atoms with Gasteiger partial charge in [0, 0.05) is 31.6 Å². The first-order valence-corrected chi connectivity index (χ1v) is 5.02. The molecule has 0 bridgehead atoms. The Morgan fingerprint density at radius 3 is 2.69 bits per heavy atom. The van der Waals surface area contributed by atoms with E-state index in [4.69, 9.17) is 0 Å². The standard InChI is InChI=1S/C11H12F2N2O/c1-6-5-15(7(2)16)11-4-9(13)8(12)3-10(11)14-6/h3-4,6,14H,5H2,1-2H3/t6-/m0/s1. The second-order valence-corrected chi connectivity index (χ2v) is 3.96. The fourth-order valence-electron chi connectivity index (χ4n) is 1.86. The normalized spacial score (nSPS) is 19.0. The minimum absolute atomic E-state index is 0.0151. The van der Waals surface area contributed by atoms with E-state index in [2.05, 4.69) is 5.32 Å². The first-order chi connectivity index (χ1) is 7.49. The lowest BCUT2D eigenvalue weighted by Crippen LogP contribution is -2.42. The maximum absolute atomic E-state index is 13.1. The smallest absolute Gasteiger partial charge is 0.223 e. The van der Waals surface area contributed by atoms with Crippen LogP contribution in [0.25, 0.3) is 0 Å². The summed E-state index contributed by atoms with van der Waals surface area (Å²) < 4.78 is 26.1. The molecule has 1 aromatic carbocycles. The average Bonchev–Trinajstić information content (AvgIpc) is 2.19. The Kier molecular flexibility index (Phi) is 2.53. The molecular formula is C11H12F2N2O. The Morgan fingerprint density at radius 2 is 2.06 bits per heavy atom. The van der Waals surface area contributed by atoms with E-state index < -0.39 is 11.6 Å². The van der Waals surface area contributed by atoms with E-state index in [9.17, 15) is 13.6 Å². The average molecular weight is 226 g/mol. The summed E-state index contributed by atoms with van der Waals surface area (Å²) in [6, 6.07) is 2.14. The molecule has 0 saturated carbocycles. The molecule has 0 unspecified atom stereocenters. The van der Waals surface area contributed by atoms with Crippen LogP contribution < -0.4 is 10.2 Å². The third-order valence-electron chi connectivity index (χ3n) is 2.57. The van der Waals surface area contributed by atoms with Crippen molar-refractivity contribution in [2.75, 3.05) is 16.8 Å². The molecule has 1 amide bonds. The molecule has 1 aromatic rings. The van der Waals surface area contributed by atoms with Gasteiger partial charge in [-0.15, -0.1) is 0 Å². The topological polar surface area (TPSA) is 32.3 Å². The lowest BCUT2D eigenvalue weighted by Gasteiger charge is -2.33. The zero-order chi connectivity index (χ0) is 11.9. The minimum atomic E-state index is -0.943. The lowest BCUT2D eigenvalue weighted by molar-refractivity contribution is -0.116. The number of nitrogens with zero attached hydrogens (tertiary/aromatic N) is 1. The van der Waals surface area contributed by atoms with Gasteiger partial charge in [0.25, 0.3) is 0 Å². The summed E-state index contributed by atoms with van der Waals surface area (Å²) in [6.45, 7) is 3.73. The van der Waals surface area contributed by atoms with Crippen molar-refractivity contribution in [3.63, 3.8) is 0 Å². The quantitative estimate of drug-likeness (QED) is 0.735. The second-order valence-electron chi connectivity index (χ2n) is 3.96. The zero-order valence-corrected chi connectivity index (χ0v) is 9.05. The summed E-state index contributed by atoms with van der Waals surface area (Å²) in [7, 11) is 0. The monoisotopic (exact) mass is 226 g/mol. The fraction of sp³-hybridized carbons (Fsp3) is 0.364. The maximum atomic E-state index is 13.1. The molecule has 0 radical (unpaired) electrons. The molecule has 1 heterocycles. The number of amides is 1. The van der Waals surface area contributed by atoms with E-state index in [1.807, 2.05) is 6.92 Å². The SMILES string of the molecule is CC(=O)N1C[C@H](C)Nc2cc(F)c(F)cc21. The molecule has 16 heavy (non-hydrogen) atoms. The number of carbonyl (C=O) groups excluding carboxylic acids is 1. The number of hydrogen-bond donors (Lipinski definition) is 1. The van der Waals surface area contributed by atoms with Crippen LogP contribution in [0.1, 0.15) is 13.8 Å². The van der Waals surface area contributed by atoms with Crippen molar-refractivity contribution in [3.8, 4) is 0 Å². The van der Waals surface area contributed by atoms with E-state index in [0.717, 1.165) is 12.1 Å². The molecule has 0 spiro atoms. The van der Waals surface area contributed by atoms with Crippen molar-refractivity contribution in [1.82, 2.24) is 0 Å². The molecular weight excluding hydrogens is 214 g/mol. The third kappa shape index (κ3) is 1.73. The molecule has 5 heteroatoms. The van der Waals surface area contributed by atoms with Crippen molar-refractivity contribution < 1.29 is 13.6 Å². The molecule has 1 N–H and O–H groups in total. The Balaban J connectivity index is 2.52. The van der Waals surface area contributed by atoms with Gasteiger partial charge in [0.1, 0.15) is 0 Å². The maximum Gasteiger partial charge on any atom is 0.223 e. The third-order valence-corrected chi connectivity index (χ3v) is 2.57. The van der Waals surface area contributed by atoms with E-state index >= 15 is 0 Å². The Bertz CT molecular complexity index is 448. The van der Waals surface area contributed by atoms with Crippen LogP contribution >= 0.6 is 0 Å². The largest absolute Gasteiger partial charge is 0.379 e. The van der Waals surface area contributed by atoms with Gasteiger partial charge in [0.05, 0.1) is 11.4 Å². The van der Waals surface area contributed by atoms with Gasteiger partial charge in [0.15, 0.2) is 11.6 Å². The second kappa shape index (κ2) is 3.73. The van der Waals surface area contributed by atoms with Crippen LogP contribution in [0, 0.1) is 11.6 Å². The Hall–Kier alpha value is -1.65. The van der Waals surface area contributed by atoms with Gasteiger partial charge >= 0.3 is 0 Å². The van der Waals surface area contributed by atoms with Crippen LogP contribution in [0.15, 0.2) is 12.1 Å². The van der Waals surface area contributed by atoms with Gasteiger partial charge in [-0.2, -0.15) is 0 Å². The highest BCUT2D eigenvalue weighted by atomic mass is 19.2. The highest BCUT2D eigenvalue weighted by Crippen LogP contribution is 2.32. The minimum Gasteiger partial charge on any atom is -0.379 e. The highest BCUT2D eigenvalue weighted by molar-refractivity contribution is 5.96. The van der Waals surface area contributed by atoms with Crippen molar-refractivity contribution in [3.05, 3.63) is 23.8 Å². The number of benzene rings is 1. The summed E-state index contributed by atoms with van der Waals surface area (Å²) >= 11 is 0. The van der Waals surface area contributed by atoms with E-state index in [1.54, 1.807) is 0 Å². The van der Waals surface area contributed by atoms with E-state index in [-0.39, 0.29) is 11.9 Å². The lowest BCUT2D eigenvalue weighted by atomic mass is 10.1. The fourth-order valence-corrected chi connectivity index (χ4v) is 1.86. The molecule has 1 atom stereocenters. The van der Waals surface area contributed by atoms with Gasteiger partial charge in [-0.1, -0.05) is 0 Å². The first kappa shape index (κ1) is 10.9. The first-order valence-electron chi connectivity index (χ1n) is 5.02. The molecule has 1 aliphatic rings. The highest BCUT2D eigenvalue weighted by Gasteiger charge is 2.25. The van der Waals surface area contributed by atoms with Crippen molar-refractivity contribution in [2.45, 2.75) is 19.9 Å². The Morgan fingerprint density at radius 1 is 1.44 bits per heavy atom.